The maximum atomic E-state index is 9.80. The molecule has 0 saturated heterocycles. The van der Waals surface area contributed by atoms with Crippen LogP contribution in [-0.2, 0) is 6.42 Å². The van der Waals surface area contributed by atoms with Gasteiger partial charge in [0.25, 0.3) is 0 Å². The first kappa shape index (κ1) is 11.9. The van der Waals surface area contributed by atoms with Gasteiger partial charge >= 0.3 is 0 Å². The van der Waals surface area contributed by atoms with E-state index in [4.69, 9.17) is 10.5 Å². The standard InChI is InChI=1S/C12H19NO2/c1-9(13)5-3-6-10-7-4-8-11(15-2)12(10)14/h4,7-9,14H,3,5-6,13H2,1-2H3. The molecule has 3 heteroatoms. The van der Waals surface area contributed by atoms with Crippen LogP contribution >= 0.6 is 0 Å². The van der Waals surface area contributed by atoms with Gasteiger partial charge in [0.2, 0.25) is 0 Å². The van der Waals surface area contributed by atoms with Crippen LogP contribution in [0.2, 0.25) is 0 Å². The van der Waals surface area contributed by atoms with Gasteiger partial charge in [-0.25, -0.2) is 0 Å². The first-order valence-electron chi connectivity index (χ1n) is 5.25. The van der Waals surface area contributed by atoms with E-state index < -0.39 is 0 Å². The molecule has 0 saturated carbocycles. The SMILES string of the molecule is COc1cccc(CCCC(C)N)c1O. The summed E-state index contributed by atoms with van der Waals surface area (Å²) in [5.74, 6) is 0.790. The van der Waals surface area contributed by atoms with Crippen molar-refractivity contribution in [3.05, 3.63) is 23.8 Å². The van der Waals surface area contributed by atoms with E-state index in [1.165, 1.54) is 0 Å². The van der Waals surface area contributed by atoms with Crippen molar-refractivity contribution < 1.29 is 9.84 Å². The third-order valence-corrected chi connectivity index (χ3v) is 2.41. The number of methoxy groups -OCH3 is 1. The van der Waals surface area contributed by atoms with Crippen LogP contribution in [0.4, 0.5) is 0 Å². The van der Waals surface area contributed by atoms with E-state index >= 15 is 0 Å². The summed E-state index contributed by atoms with van der Waals surface area (Å²) in [4.78, 5) is 0. The van der Waals surface area contributed by atoms with Crippen LogP contribution in [0.3, 0.4) is 0 Å². The molecule has 3 N–H and O–H groups in total. The average molecular weight is 209 g/mol. The lowest BCUT2D eigenvalue weighted by atomic mass is 10.0. The summed E-state index contributed by atoms with van der Waals surface area (Å²) in [7, 11) is 1.56. The van der Waals surface area contributed by atoms with Gasteiger partial charge in [-0.15, -0.1) is 0 Å². The third kappa shape index (κ3) is 3.44. The molecule has 0 aliphatic carbocycles. The Hall–Kier alpha value is -1.22. The van der Waals surface area contributed by atoms with Gasteiger partial charge in [-0.3, -0.25) is 0 Å². The summed E-state index contributed by atoms with van der Waals surface area (Å²) in [6.07, 6.45) is 2.79. The van der Waals surface area contributed by atoms with Gasteiger partial charge in [0.1, 0.15) is 0 Å². The van der Waals surface area contributed by atoms with Gasteiger partial charge in [0, 0.05) is 6.04 Å². The molecule has 0 aliphatic heterocycles. The van der Waals surface area contributed by atoms with Gasteiger partial charge in [-0.05, 0) is 37.8 Å². The Morgan fingerprint density at radius 3 is 2.80 bits per heavy atom. The molecule has 84 valence electrons. The Labute approximate surface area is 90.9 Å². The molecule has 15 heavy (non-hydrogen) atoms. The van der Waals surface area contributed by atoms with E-state index in [9.17, 15) is 5.11 Å². The maximum absolute atomic E-state index is 9.80. The van der Waals surface area contributed by atoms with E-state index in [-0.39, 0.29) is 11.8 Å². The molecule has 0 radical (unpaired) electrons. The highest BCUT2D eigenvalue weighted by atomic mass is 16.5. The Balaban J connectivity index is 2.61. The normalized spacial score (nSPS) is 12.5. The van der Waals surface area contributed by atoms with Crippen molar-refractivity contribution in [1.29, 1.82) is 0 Å². The van der Waals surface area contributed by atoms with Gasteiger partial charge in [0.05, 0.1) is 7.11 Å². The number of rotatable bonds is 5. The van der Waals surface area contributed by atoms with Crippen LogP contribution in [0.15, 0.2) is 18.2 Å². The van der Waals surface area contributed by atoms with E-state index in [0.717, 1.165) is 24.8 Å². The van der Waals surface area contributed by atoms with Crippen molar-refractivity contribution in [3.8, 4) is 11.5 Å². The number of benzene rings is 1. The fourth-order valence-electron chi connectivity index (χ4n) is 1.55. The zero-order chi connectivity index (χ0) is 11.3. The van der Waals surface area contributed by atoms with Crippen LogP contribution in [0.5, 0.6) is 11.5 Å². The predicted molar refractivity (Wildman–Crippen MR) is 61.2 cm³/mol. The van der Waals surface area contributed by atoms with Crippen LogP contribution < -0.4 is 10.5 Å². The average Bonchev–Trinajstić information content (AvgIpc) is 2.20. The van der Waals surface area contributed by atoms with Crippen molar-refractivity contribution in [1.82, 2.24) is 0 Å². The van der Waals surface area contributed by atoms with Crippen LogP contribution in [0.1, 0.15) is 25.3 Å². The number of aromatic hydroxyl groups is 1. The number of ether oxygens (including phenoxy) is 1. The lowest BCUT2D eigenvalue weighted by Gasteiger charge is -2.09. The maximum Gasteiger partial charge on any atom is 0.160 e. The van der Waals surface area contributed by atoms with Crippen LogP contribution in [-0.4, -0.2) is 18.3 Å². The summed E-state index contributed by atoms with van der Waals surface area (Å²) in [6.45, 7) is 1.99. The molecule has 1 unspecified atom stereocenters. The lowest BCUT2D eigenvalue weighted by Crippen LogP contribution is -2.14. The summed E-state index contributed by atoms with van der Waals surface area (Å²) >= 11 is 0. The van der Waals surface area contributed by atoms with Crippen LogP contribution in [0, 0.1) is 0 Å². The molecule has 0 aliphatic rings. The minimum Gasteiger partial charge on any atom is -0.504 e. The summed E-state index contributed by atoms with van der Waals surface area (Å²) in [5, 5.41) is 9.80. The smallest absolute Gasteiger partial charge is 0.160 e. The Morgan fingerprint density at radius 2 is 2.20 bits per heavy atom. The number of phenols is 1. The van der Waals surface area contributed by atoms with Crippen LogP contribution in [0.25, 0.3) is 0 Å². The first-order chi connectivity index (χ1) is 7.15. The van der Waals surface area contributed by atoms with Gasteiger partial charge in [0.15, 0.2) is 11.5 Å². The second-order valence-corrected chi connectivity index (χ2v) is 3.84. The highest BCUT2D eigenvalue weighted by molar-refractivity contribution is 5.45. The highest BCUT2D eigenvalue weighted by Gasteiger charge is 2.06. The number of phenolic OH excluding ortho intramolecular Hbond substituents is 1. The minimum atomic E-state index is 0.220. The fraction of sp³-hybridized carbons (Fsp3) is 0.500. The van der Waals surface area contributed by atoms with Crippen molar-refractivity contribution >= 4 is 0 Å². The van der Waals surface area contributed by atoms with Gasteiger partial charge in [-0.2, -0.15) is 0 Å². The minimum absolute atomic E-state index is 0.220. The zero-order valence-electron chi connectivity index (χ0n) is 9.36. The van der Waals surface area contributed by atoms with Gasteiger partial charge in [-0.1, -0.05) is 12.1 Å². The number of nitrogens with two attached hydrogens (primary N) is 1. The number of hydrogen-bond donors (Lipinski definition) is 2. The number of para-hydroxylation sites is 1. The highest BCUT2D eigenvalue weighted by Crippen LogP contribution is 2.30. The third-order valence-electron chi connectivity index (χ3n) is 2.41. The second kappa shape index (κ2) is 5.61. The predicted octanol–water partition coefficient (Wildman–Crippen LogP) is 2.07. The molecule has 0 spiro atoms. The van der Waals surface area contributed by atoms with E-state index in [0.29, 0.717) is 5.75 Å². The Morgan fingerprint density at radius 1 is 1.47 bits per heavy atom. The molecule has 0 aromatic heterocycles. The second-order valence-electron chi connectivity index (χ2n) is 3.84. The summed E-state index contributed by atoms with van der Waals surface area (Å²) < 4.78 is 5.04. The van der Waals surface area contributed by atoms with Crippen molar-refractivity contribution in [3.63, 3.8) is 0 Å². The van der Waals surface area contributed by atoms with E-state index in [1.807, 2.05) is 19.1 Å². The fourth-order valence-corrected chi connectivity index (χ4v) is 1.55. The molecular weight excluding hydrogens is 190 g/mol. The lowest BCUT2D eigenvalue weighted by molar-refractivity contribution is 0.370. The molecule has 0 heterocycles. The molecule has 0 fully saturated rings. The van der Waals surface area contributed by atoms with E-state index in [1.54, 1.807) is 13.2 Å². The molecule has 1 aromatic carbocycles. The quantitative estimate of drug-likeness (QED) is 0.780. The summed E-state index contributed by atoms with van der Waals surface area (Å²) in [6, 6.07) is 5.78. The largest absolute Gasteiger partial charge is 0.504 e. The van der Waals surface area contributed by atoms with E-state index in [2.05, 4.69) is 0 Å². The number of hydrogen-bond acceptors (Lipinski definition) is 3. The molecule has 1 atom stereocenters. The molecular formula is C12H19NO2. The van der Waals surface area contributed by atoms with Crippen molar-refractivity contribution in [2.24, 2.45) is 5.73 Å². The number of aryl methyl sites for hydroxylation is 1. The topological polar surface area (TPSA) is 55.5 Å². The Bertz CT molecular complexity index is 310. The van der Waals surface area contributed by atoms with Gasteiger partial charge < -0.3 is 15.6 Å². The van der Waals surface area contributed by atoms with Crippen molar-refractivity contribution in [2.75, 3.05) is 7.11 Å². The molecule has 1 rings (SSSR count). The molecule has 0 amide bonds. The zero-order valence-corrected chi connectivity index (χ0v) is 9.36. The first-order valence-corrected chi connectivity index (χ1v) is 5.25. The summed E-state index contributed by atoms with van der Waals surface area (Å²) in [5.41, 5.74) is 6.59. The molecule has 1 aromatic rings. The van der Waals surface area contributed by atoms with Crippen molar-refractivity contribution in [2.45, 2.75) is 32.2 Å². The molecule has 3 nitrogen and oxygen atoms in total. The Kier molecular flexibility index (Phi) is 4.43. The molecule has 0 bridgehead atoms. The monoisotopic (exact) mass is 209 g/mol.